The van der Waals surface area contributed by atoms with Crippen molar-refractivity contribution in [2.75, 3.05) is 0 Å². The molecule has 3 aromatic carbocycles. The molecule has 0 amide bonds. The molecular weight excluding hydrogens is 555 g/mol. The zero-order valence-corrected chi connectivity index (χ0v) is 21.8. The molecule has 0 fully saturated rings. The molecule has 0 saturated heterocycles. The SMILES string of the molecule is Cc1ccc(S(=O)(=O)N(Cc2ccc(Cl)cc2)Cc2ccc(C=Nc3ccc(Br)cc3F)o2)cc1. The van der Waals surface area contributed by atoms with Gasteiger partial charge in [-0.3, -0.25) is 0 Å². The number of hydrogen-bond acceptors (Lipinski definition) is 4. The Morgan fingerprint density at radius 1 is 1.00 bits per heavy atom. The molecule has 0 aliphatic rings. The first kappa shape index (κ1) is 25.3. The maximum atomic E-state index is 14.0. The summed E-state index contributed by atoms with van der Waals surface area (Å²) in [4.78, 5) is 4.32. The fourth-order valence-electron chi connectivity index (χ4n) is 3.32. The Labute approximate surface area is 217 Å². The lowest BCUT2D eigenvalue weighted by Gasteiger charge is -2.21. The van der Waals surface area contributed by atoms with Gasteiger partial charge in [-0.15, -0.1) is 0 Å². The maximum Gasteiger partial charge on any atom is 0.243 e. The molecule has 5 nitrogen and oxygen atoms in total. The highest BCUT2D eigenvalue weighted by molar-refractivity contribution is 9.10. The van der Waals surface area contributed by atoms with E-state index < -0.39 is 15.8 Å². The monoisotopic (exact) mass is 574 g/mol. The summed E-state index contributed by atoms with van der Waals surface area (Å²) in [5.74, 6) is 0.328. The van der Waals surface area contributed by atoms with Gasteiger partial charge in [0.2, 0.25) is 10.0 Å². The van der Waals surface area contributed by atoms with Crippen LogP contribution in [0.25, 0.3) is 0 Å². The van der Waals surface area contributed by atoms with Gasteiger partial charge in [0.05, 0.1) is 23.3 Å². The smallest absolute Gasteiger partial charge is 0.243 e. The van der Waals surface area contributed by atoms with Crippen LogP contribution in [0.5, 0.6) is 0 Å². The third kappa shape index (κ3) is 6.46. The van der Waals surface area contributed by atoms with Crippen LogP contribution in [0.2, 0.25) is 5.02 Å². The van der Waals surface area contributed by atoms with Crippen molar-refractivity contribution in [1.82, 2.24) is 4.31 Å². The number of hydrogen-bond donors (Lipinski definition) is 0. The van der Waals surface area contributed by atoms with Gasteiger partial charge in [0.15, 0.2) is 0 Å². The van der Waals surface area contributed by atoms with E-state index in [9.17, 15) is 12.8 Å². The van der Waals surface area contributed by atoms with Crippen molar-refractivity contribution in [3.8, 4) is 0 Å². The molecule has 1 aromatic heterocycles. The van der Waals surface area contributed by atoms with Crippen LogP contribution in [0.15, 0.2) is 97.6 Å². The van der Waals surface area contributed by atoms with Crippen LogP contribution in [-0.4, -0.2) is 18.9 Å². The Bertz CT molecular complexity index is 1450. The summed E-state index contributed by atoms with van der Waals surface area (Å²) in [6.45, 7) is 2.02. The van der Waals surface area contributed by atoms with Gasteiger partial charge in [-0.05, 0) is 67.1 Å². The van der Waals surface area contributed by atoms with Gasteiger partial charge in [0.25, 0.3) is 0 Å². The van der Waals surface area contributed by atoms with Crippen LogP contribution in [0, 0.1) is 12.7 Å². The minimum absolute atomic E-state index is 0.000674. The molecule has 0 N–H and O–H groups in total. The second kappa shape index (κ2) is 10.9. The van der Waals surface area contributed by atoms with E-state index in [0.717, 1.165) is 11.1 Å². The quantitative estimate of drug-likeness (QED) is 0.207. The molecule has 0 atom stereocenters. The van der Waals surface area contributed by atoms with E-state index in [-0.39, 0.29) is 23.7 Å². The number of aliphatic imine (C=N–C) groups is 1. The number of sulfonamides is 1. The summed E-state index contributed by atoms with van der Waals surface area (Å²) in [5, 5.41) is 0.568. The summed E-state index contributed by atoms with van der Waals surface area (Å²) in [6, 6.07) is 21.6. The van der Waals surface area contributed by atoms with Gasteiger partial charge in [0, 0.05) is 16.0 Å². The maximum absolute atomic E-state index is 14.0. The molecule has 0 unspecified atom stereocenters. The number of rotatable bonds is 8. The Balaban J connectivity index is 1.59. The first-order valence-corrected chi connectivity index (χ1v) is 13.2. The van der Waals surface area contributed by atoms with Crippen LogP contribution in [-0.2, 0) is 23.1 Å². The van der Waals surface area contributed by atoms with Crippen LogP contribution in [0.1, 0.15) is 22.6 Å². The van der Waals surface area contributed by atoms with E-state index in [0.29, 0.717) is 21.0 Å². The number of benzene rings is 3. The topological polar surface area (TPSA) is 62.9 Å². The second-order valence-electron chi connectivity index (χ2n) is 7.87. The van der Waals surface area contributed by atoms with Crippen molar-refractivity contribution >= 4 is 49.5 Å². The third-order valence-electron chi connectivity index (χ3n) is 5.19. The van der Waals surface area contributed by atoms with Crippen LogP contribution in [0.3, 0.4) is 0 Å². The van der Waals surface area contributed by atoms with Gasteiger partial charge in [-0.1, -0.05) is 57.4 Å². The van der Waals surface area contributed by atoms with Crippen molar-refractivity contribution in [3.63, 3.8) is 0 Å². The van der Waals surface area contributed by atoms with Gasteiger partial charge in [-0.2, -0.15) is 4.31 Å². The van der Waals surface area contributed by atoms with Gasteiger partial charge in [0.1, 0.15) is 17.3 Å². The molecule has 0 bridgehead atoms. The summed E-state index contributed by atoms with van der Waals surface area (Å²) < 4.78 is 48.8. The molecule has 0 aliphatic heterocycles. The highest BCUT2D eigenvalue weighted by atomic mass is 79.9. The summed E-state index contributed by atoms with van der Waals surface area (Å²) >= 11 is 9.20. The van der Waals surface area contributed by atoms with E-state index >= 15 is 0 Å². The minimum atomic E-state index is -3.83. The minimum Gasteiger partial charge on any atom is -0.459 e. The fraction of sp³-hybridized carbons (Fsp3) is 0.115. The Hall–Kier alpha value is -2.78. The van der Waals surface area contributed by atoms with Crippen LogP contribution >= 0.6 is 27.5 Å². The Kier molecular flexibility index (Phi) is 7.86. The van der Waals surface area contributed by atoms with E-state index in [1.54, 1.807) is 72.8 Å². The fourth-order valence-corrected chi connectivity index (χ4v) is 5.17. The number of furan rings is 1. The largest absolute Gasteiger partial charge is 0.459 e. The normalized spacial score (nSPS) is 12.0. The number of halogens is 3. The highest BCUT2D eigenvalue weighted by Crippen LogP contribution is 2.24. The van der Waals surface area contributed by atoms with Crippen molar-refractivity contribution in [2.24, 2.45) is 4.99 Å². The van der Waals surface area contributed by atoms with Crippen molar-refractivity contribution in [1.29, 1.82) is 0 Å². The summed E-state index contributed by atoms with van der Waals surface area (Å²) in [7, 11) is -3.83. The average molecular weight is 576 g/mol. The zero-order chi connectivity index (χ0) is 25.0. The van der Waals surface area contributed by atoms with Crippen molar-refractivity contribution < 1.29 is 17.2 Å². The molecule has 0 spiro atoms. The van der Waals surface area contributed by atoms with E-state index in [1.807, 2.05) is 6.92 Å². The first-order chi connectivity index (χ1) is 16.7. The Morgan fingerprint density at radius 3 is 2.40 bits per heavy atom. The number of aryl methyl sites for hydroxylation is 1. The second-order valence-corrected chi connectivity index (χ2v) is 11.2. The molecule has 0 aliphatic carbocycles. The molecule has 0 saturated carbocycles. The Morgan fingerprint density at radius 2 is 1.71 bits per heavy atom. The average Bonchev–Trinajstić information content (AvgIpc) is 3.27. The van der Waals surface area contributed by atoms with Crippen LogP contribution in [0.4, 0.5) is 10.1 Å². The lowest BCUT2D eigenvalue weighted by Crippen LogP contribution is -2.30. The van der Waals surface area contributed by atoms with Crippen molar-refractivity contribution in [3.05, 3.63) is 117 Å². The molecule has 180 valence electrons. The summed E-state index contributed by atoms with van der Waals surface area (Å²) in [5.41, 5.74) is 1.91. The molecule has 1 heterocycles. The highest BCUT2D eigenvalue weighted by Gasteiger charge is 2.26. The predicted octanol–water partition coefficient (Wildman–Crippen LogP) is 7.28. The van der Waals surface area contributed by atoms with Crippen LogP contribution < -0.4 is 0 Å². The standard InChI is InChI=1S/C26H21BrClFN2O3S/c1-18-2-11-24(12-3-18)35(32,33)31(16-19-4-7-21(28)8-5-19)17-23-10-9-22(34-23)15-30-26-13-6-20(27)14-25(26)29/h2-15H,16-17H2,1H3. The van der Waals surface area contributed by atoms with E-state index in [4.69, 9.17) is 16.0 Å². The van der Waals surface area contributed by atoms with E-state index in [2.05, 4.69) is 20.9 Å². The lowest BCUT2D eigenvalue weighted by molar-refractivity contribution is 0.357. The van der Waals surface area contributed by atoms with E-state index in [1.165, 1.54) is 16.6 Å². The zero-order valence-electron chi connectivity index (χ0n) is 18.7. The van der Waals surface area contributed by atoms with Gasteiger partial charge < -0.3 is 4.42 Å². The molecule has 35 heavy (non-hydrogen) atoms. The third-order valence-corrected chi connectivity index (χ3v) is 7.74. The molecular formula is C26H21BrClFN2O3S. The molecule has 0 radical (unpaired) electrons. The molecule has 4 rings (SSSR count). The lowest BCUT2D eigenvalue weighted by atomic mass is 10.2. The first-order valence-electron chi connectivity index (χ1n) is 10.6. The molecule has 9 heteroatoms. The van der Waals surface area contributed by atoms with Crippen molar-refractivity contribution in [2.45, 2.75) is 24.9 Å². The van der Waals surface area contributed by atoms with Gasteiger partial charge >= 0.3 is 0 Å². The number of nitrogens with zero attached hydrogens (tertiary/aromatic N) is 2. The summed E-state index contributed by atoms with van der Waals surface area (Å²) in [6.07, 6.45) is 1.40. The molecule has 4 aromatic rings. The van der Waals surface area contributed by atoms with Gasteiger partial charge in [-0.25, -0.2) is 17.8 Å². The predicted molar refractivity (Wildman–Crippen MR) is 139 cm³/mol.